The summed E-state index contributed by atoms with van der Waals surface area (Å²) in [5, 5.41) is 0. The topological polar surface area (TPSA) is 12.5 Å². The average molecular weight is 467 g/mol. The maximum Gasteiger partial charge on any atom is 0.166 e. The zero-order chi connectivity index (χ0) is 23.7. The fraction of sp³-hybridized carbons (Fsp3) is 0.467. The second-order valence-corrected chi connectivity index (χ2v) is 10.3. The molecule has 3 atom stereocenters. The SMILES string of the molecule is C=Cc1ccc(-c2ccc(C3CCC(CCC4CCC(C5CO5)C=C4F)CC3)c(F)c2F)cc1. The Balaban J connectivity index is 1.16. The Bertz CT molecular complexity index is 1050. The Hall–Kier alpha value is -2.33. The van der Waals surface area contributed by atoms with E-state index in [9.17, 15) is 8.78 Å². The van der Waals surface area contributed by atoms with E-state index >= 15 is 4.39 Å². The summed E-state index contributed by atoms with van der Waals surface area (Å²) < 4.78 is 49.9. The highest BCUT2D eigenvalue weighted by Gasteiger charge is 2.35. The molecule has 3 unspecified atom stereocenters. The number of rotatable bonds is 7. The van der Waals surface area contributed by atoms with Gasteiger partial charge in [0, 0.05) is 17.4 Å². The van der Waals surface area contributed by atoms with Crippen LogP contribution in [-0.4, -0.2) is 12.7 Å². The summed E-state index contributed by atoms with van der Waals surface area (Å²) in [6.07, 6.45) is 11.3. The lowest BCUT2D eigenvalue weighted by molar-refractivity contribution is 0.257. The summed E-state index contributed by atoms with van der Waals surface area (Å²) in [5.74, 6) is -0.514. The van der Waals surface area contributed by atoms with Gasteiger partial charge >= 0.3 is 0 Å². The molecule has 180 valence electrons. The fourth-order valence-corrected chi connectivity index (χ4v) is 5.93. The maximum atomic E-state index is 15.1. The molecule has 1 nitrogen and oxygen atoms in total. The minimum absolute atomic E-state index is 0.0485. The van der Waals surface area contributed by atoms with Gasteiger partial charge in [-0.1, -0.05) is 49.1 Å². The smallest absolute Gasteiger partial charge is 0.166 e. The van der Waals surface area contributed by atoms with Crippen LogP contribution in [0.2, 0.25) is 0 Å². The van der Waals surface area contributed by atoms with Gasteiger partial charge in [0.05, 0.1) is 18.5 Å². The Morgan fingerprint density at radius 3 is 2.24 bits per heavy atom. The number of epoxide rings is 1. The summed E-state index contributed by atoms with van der Waals surface area (Å²) in [5.41, 5.74) is 2.40. The van der Waals surface area contributed by atoms with Crippen LogP contribution in [0, 0.1) is 29.4 Å². The van der Waals surface area contributed by atoms with E-state index in [1.807, 2.05) is 12.1 Å². The van der Waals surface area contributed by atoms with Gasteiger partial charge in [0.15, 0.2) is 11.6 Å². The second kappa shape index (κ2) is 10.1. The van der Waals surface area contributed by atoms with Crippen molar-refractivity contribution in [1.29, 1.82) is 0 Å². The number of hydrogen-bond acceptors (Lipinski definition) is 1. The summed E-state index contributed by atoms with van der Waals surface area (Å²) >= 11 is 0. The van der Waals surface area contributed by atoms with Gasteiger partial charge in [0.25, 0.3) is 0 Å². The second-order valence-electron chi connectivity index (χ2n) is 10.3. The highest BCUT2D eigenvalue weighted by molar-refractivity contribution is 5.66. The highest BCUT2D eigenvalue weighted by Crippen LogP contribution is 2.42. The number of hydrogen-bond donors (Lipinski definition) is 0. The lowest BCUT2D eigenvalue weighted by atomic mass is 9.75. The standard InChI is InChI=1S/C30H33F3O/c1-2-19-3-8-21(9-4-19)25-15-16-26(30(33)29(25)32)22-10-5-20(6-11-22)7-12-23-13-14-24(17-27(23)31)28-18-34-28/h2-4,8-9,15-17,20,22-24,28H,1,5-7,10-14,18H2. The van der Waals surface area contributed by atoms with Crippen molar-refractivity contribution in [3.05, 3.63) is 77.6 Å². The van der Waals surface area contributed by atoms with Gasteiger partial charge in [-0.15, -0.1) is 0 Å². The summed E-state index contributed by atoms with van der Waals surface area (Å²) in [7, 11) is 0. The van der Waals surface area contributed by atoms with Crippen molar-refractivity contribution < 1.29 is 17.9 Å². The number of halogens is 3. The molecule has 0 radical (unpaired) electrons. The van der Waals surface area contributed by atoms with Crippen LogP contribution in [0.1, 0.15) is 68.4 Å². The molecule has 1 saturated heterocycles. The number of ether oxygens (including phenoxy) is 1. The molecule has 0 aromatic heterocycles. The molecule has 1 saturated carbocycles. The predicted molar refractivity (Wildman–Crippen MR) is 131 cm³/mol. The molecule has 0 bridgehead atoms. The van der Waals surface area contributed by atoms with Crippen LogP contribution in [0.4, 0.5) is 13.2 Å². The summed E-state index contributed by atoms with van der Waals surface area (Å²) in [6, 6.07) is 10.8. The number of benzene rings is 2. The van der Waals surface area contributed by atoms with Crippen LogP contribution in [-0.2, 0) is 4.74 Å². The van der Waals surface area contributed by atoms with Crippen LogP contribution in [0.3, 0.4) is 0 Å². The Morgan fingerprint density at radius 1 is 0.853 bits per heavy atom. The first kappa shape index (κ1) is 23.4. The summed E-state index contributed by atoms with van der Waals surface area (Å²) in [4.78, 5) is 0. The molecular weight excluding hydrogens is 433 g/mol. The zero-order valence-corrected chi connectivity index (χ0v) is 19.6. The van der Waals surface area contributed by atoms with Crippen molar-refractivity contribution in [1.82, 2.24) is 0 Å². The molecule has 2 aromatic rings. The Labute approximate surface area is 200 Å². The first-order valence-electron chi connectivity index (χ1n) is 12.7. The maximum absolute atomic E-state index is 15.1. The van der Waals surface area contributed by atoms with Crippen LogP contribution >= 0.6 is 0 Å². The third-order valence-corrected chi connectivity index (χ3v) is 8.23. The van der Waals surface area contributed by atoms with E-state index in [-0.39, 0.29) is 29.7 Å². The molecule has 2 aliphatic carbocycles. The van der Waals surface area contributed by atoms with Gasteiger partial charge in [-0.05, 0) is 86.0 Å². The molecular formula is C30H33F3O. The first-order valence-corrected chi connectivity index (χ1v) is 12.7. The van der Waals surface area contributed by atoms with Crippen LogP contribution in [0.5, 0.6) is 0 Å². The number of allylic oxidation sites excluding steroid dienone is 1. The van der Waals surface area contributed by atoms with Gasteiger partial charge in [-0.2, -0.15) is 0 Å². The summed E-state index contributed by atoms with van der Waals surface area (Å²) in [6.45, 7) is 4.50. The van der Waals surface area contributed by atoms with Crippen molar-refractivity contribution in [2.75, 3.05) is 6.61 Å². The quantitative estimate of drug-likeness (QED) is 0.372. The zero-order valence-electron chi connectivity index (χ0n) is 19.6. The van der Waals surface area contributed by atoms with Crippen molar-refractivity contribution in [3.8, 4) is 11.1 Å². The molecule has 0 N–H and O–H groups in total. The molecule has 4 heteroatoms. The third-order valence-electron chi connectivity index (χ3n) is 8.23. The average Bonchev–Trinajstić information content (AvgIpc) is 3.71. The van der Waals surface area contributed by atoms with Crippen molar-refractivity contribution in [2.45, 2.75) is 63.4 Å². The molecule has 1 aliphatic heterocycles. The van der Waals surface area contributed by atoms with Gasteiger partial charge in [-0.3, -0.25) is 0 Å². The van der Waals surface area contributed by atoms with E-state index in [0.717, 1.165) is 63.5 Å². The Kier molecular flexibility index (Phi) is 6.96. The molecule has 0 spiro atoms. The van der Waals surface area contributed by atoms with Crippen molar-refractivity contribution in [2.24, 2.45) is 17.8 Å². The molecule has 1 heterocycles. The van der Waals surface area contributed by atoms with Gasteiger partial charge < -0.3 is 4.74 Å². The van der Waals surface area contributed by atoms with Crippen LogP contribution in [0.25, 0.3) is 17.2 Å². The van der Waals surface area contributed by atoms with Gasteiger partial charge in [0.2, 0.25) is 0 Å². The van der Waals surface area contributed by atoms with Crippen LogP contribution in [0.15, 0.2) is 54.9 Å². The normalized spacial score (nSPS) is 28.9. The molecule has 2 fully saturated rings. The highest BCUT2D eigenvalue weighted by atomic mass is 19.2. The minimum atomic E-state index is -0.763. The predicted octanol–water partition coefficient (Wildman–Crippen LogP) is 8.61. The van der Waals surface area contributed by atoms with Gasteiger partial charge in [0.1, 0.15) is 0 Å². The monoisotopic (exact) mass is 466 g/mol. The Morgan fingerprint density at radius 2 is 1.59 bits per heavy atom. The molecule has 2 aromatic carbocycles. The van der Waals surface area contributed by atoms with E-state index in [1.54, 1.807) is 36.4 Å². The lowest BCUT2D eigenvalue weighted by Crippen LogP contribution is -2.19. The molecule has 5 rings (SSSR count). The van der Waals surface area contributed by atoms with E-state index in [0.29, 0.717) is 22.6 Å². The minimum Gasteiger partial charge on any atom is -0.372 e. The molecule has 3 aliphatic rings. The van der Waals surface area contributed by atoms with Crippen molar-refractivity contribution >= 4 is 6.08 Å². The largest absolute Gasteiger partial charge is 0.372 e. The fourth-order valence-electron chi connectivity index (χ4n) is 5.93. The lowest BCUT2D eigenvalue weighted by Gasteiger charge is -2.31. The van der Waals surface area contributed by atoms with Gasteiger partial charge in [-0.25, -0.2) is 13.2 Å². The van der Waals surface area contributed by atoms with Crippen LogP contribution < -0.4 is 0 Å². The third kappa shape index (κ3) is 5.02. The van der Waals surface area contributed by atoms with E-state index < -0.39 is 11.6 Å². The van der Waals surface area contributed by atoms with E-state index in [2.05, 4.69) is 6.58 Å². The van der Waals surface area contributed by atoms with Crippen molar-refractivity contribution in [3.63, 3.8) is 0 Å². The molecule has 34 heavy (non-hydrogen) atoms. The van der Waals surface area contributed by atoms with E-state index in [4.69, 9.17) is 4.74 Å². The first-order chi connectivity index (χ1) is 16.5. The molecule has 0 amide bonds. The van der Waals surface area contributed by atoms with E-state index in [1.165, 1.54) is 0 Å².